The Morgan fingerprint density at radius 1 is 1.15 bits per heavy atom. The number of amides is 2. The molecular weight excluding hydrogens is 639 g/mol. The maximum Gasteiger partial charge on any atom is 0.415 e. The zero-order chi connectivity index (χ0) is 33.0. The van der Waals surface area contributed by atoms with Gasteiger partial charge in [-0.05, 0) is 48.2 Å². The third kappa shape index (κ3) is 7.52. The second-order valence-corrected chi connectivity index (χ2v) is 14.1. The van der Waals surface area contributed by atoms with Crippen molar-refractivity contribution >= 4 is 49.3 Å². The maximum atomic E-state index is 14.4. The van der Waals surface area contributed by atoms with E-state index in [9.17, 15) is 31.9 Å². The van der Waals surface area contributed by atoms with Crippen molar-refractivity contribution in [1.29, 1.82) is 0 Å². The molecule has 0 aliphatic carbocycles. The van der Waals surface area contributed by atoms with Crippen LogP contribution in [0.25, 0.3) is 10.2 Å². The number of carbonyl (C=O) groups excluding carboxylic acids is 2. The van der Waals surface area contributed by atoms with Crippen molar-refractivity contribution in [3.63, 3.8) is 0 Å². The number of aromatic nitrogens is 1. The number of hydrogen-bond acceptors (Lipinski definition) is 8. The normalized spacial score (nSPS) is 17.2. The van der Waals surface area contributed by atoms with E-state index in [0.29, 0.717) is 22.7 Å². The number of aliphatic hydroxyl groups is 1. The van der Waals surface area contributed by atoms with Gasteiger partial charge in [-0.1, -0.05) is 50.6 Å². The topological polar surface area (TPSA) is 129 Å². The van der Waals surface area contributed by atoms with Gasteiger partial charge in [-0.15, -0.1) is 11.3 Å². The van der Waals surface area contributed by atoms with E-state index >= 15 is 0 Å². The second kappa shape index (κ2) is 14.2. The van der Waals surface area contributed by atoms with Crippen molar-refractivity contribution in [2.75, 3.05) is 24.5 Å². The van der Waals surface area contributed by atoms with Gasteiger partial charge in [-0.3, -0.25) is 9.69 Å². The number of aliphatic hydroxyl groups excluding tert-OH is 1. The zero-order valence-corrected chi connectivity index (χ0v) is 26.8. The first-order valence-corrected chi connectivity index (χ1v) is 17.1. The van der Waals surface area contributed by atoms with E-state index in [-0.39, 0.29) is 42.6 Å². The summed E-state index contributed by atoms with van der Waals surface area (Å²) in [6.07, 6.45) is -2.91. The van der Waals surface area contributed by atoms with Gasteiger partial charge in [-0.25, -0.2) is 27.0 Å². The molecule has 1 aliphatic rings. The maximum absolute atomic E-state index is 14.4. The van der Waals surface area contributed by atoms with E-state index in [4.69, 9.17) is 4.74 Å². The monoisotopic (exact) mass is 672 g/mol. The van der Waals surface area contributed by atoms with Crippen LogP contribution in [0.4, 0.5) is 19.3 Å². The number of anilines is 1. The molecule has 46 heavy (non-hydrogen) atoms. The van der Waals surface area contributed by atoms with E-state index in [0.717, 1.165) is 22.6 Å². The van der Waals surface area contributed by atoms with Gasteiger partial charge < -0.3 is 15.2 Å². The molecule has 4 atom stereocenters. The summed E-state index contributed by atoms with van der Waals surface area (Å²) >= 11 is 1.32. The third-order valence-electron chi connectivity index (χ3n) is 7.94. The summed E-state index contributed by atoms with van der Waals surface area (Å²) in [5.74, 6) is -2.61. The molecule has 1 aliphatic heterocycles. The lowest BCUT2D eigenvalue weighted by molar-refractivity contribution is -0.129. The smallest absolute Gasteiger partial charge is 0.415 e. The molecule has 10 nitrogen and oxygen atoms in total. The van der Waals surface area contributed by atoms with Crippen LogP contribution in [-0.2, 0) is 26.0 Å². The van der Waals surface area contributed by atoms with Gasteiger partial charge in [0.05, 0.1) is 45.0 Å². The van der Waals surface area contributed by atoms with E-state index in [1.807, 2.05) is 19.9 Å². The number of benzene rings is 3. The molecule has 0 saturated carbocycles. The summed E-state index contributed by atoms with van der Waals surface area (Å²) in [5.41, 5.74) is 2.83. The number of thiazole rings is 1. The van der Waals surface area contributed by atoms with Crippen LogP contribution in [-0.4, -0.2) is 72.7 Å². The second-order valence-electron chi connectivity index (χ2n) is 11.3. The van der Waals surface area contributed by atoms with Crippen LogP contribution < -0.4 is 10.2 Å². The summed E-state index contributed by atoms with van der Waals surface area (Å²) in [6.45, 7) is 3.30. The number of nitrogens with zero attached hydrogens (tertiary/aromatic N) is 3. The van der Waals surface area contributed by atoms with E-state index in [2.05, 4.69) is 10.3 Å². The first-order valence-electron chi connectivity index (χ1n) is 14.7. The molecule has 2 amide bonds. The lowest BCUT2D eigenvalue weighted by atomic mass is 10.0. The fourth-order valence-electron chi connectivity index (χ4n) is 5.15. The molecular formula is C32H34F2N4O6S2. The molecule has 1 saturated heterocycles. The Hall–Kier alpha value is -3.98. The minimum absolute atomic E-state index is 0.0352. The highest BCUT2D eigenvalue weighted by atomic mass is 32.2. The highest BCUT2D eigenvalue weighted by molar-refractivity contribution is 7.89. The van der Waals surface area contributed by atoms with E-state index in [1.165, 1.54) is 21.7 Å². The average molecular weight is 673 g/mol. The van der Waals surface area contributed by atoms with Crippen molar-refractivity contribution in [2.24, 2.45) is 5.92 Å². The zero-order valence-electron chi connectivity index (χ0n) is 25.2. The Morgan fingerprint density at radius 3 is 2.63 bits per heavy atom. The highest BCUT2D eigenvalue weighted by Crippen LogP contribution is 2.27. The lowest BCUT2D eigenvalue weighted by Crippen LogP contribution is -2.53. The van der Waals surface area contributed by atoms with Crippen LogP contribution in [0.2, 0.25) is 0 Å². The predicted molar refractivity (Wildman–Crippen MR) is 170 cm³/mol. The molecule has 5 rings (SSSR count). The molecule has 0 spiro atoms. The predicted octanol–water partition coefficient (Wildman–Crippen LogP) is 4.73. The number of ether oxygens (including phenoxy) is 1. The number of carbonyl (C=O) groups is 2. The number of sulfonamides is 1. The summed E-state index contributed by atoms with van der Waals surface area (Å²) in [5, 5.41) is 14.3. The van der Waals surface area contributed by atoms with E-state index in [1.54, 1.807) is 41.9 Å². The van der Waals surface area contributed by atoms with Crippen molar-refractivity contribution < 1.29 is 36.6 Å². The first kappa shape index (κ1) is 33.4. The van der Waals surface area contributed by atoms with Gasteiger partial charge in [0.25, 0.3) is 5.91 Å². The largest absolute Gasteiger partial charge is 0.434 e. The molecule has 244 valence electrons. The minimum atomic E-state index is -4.07. The van der Waals surface area contributed by atoms with E-state index < -0.39 is 51.9 Å². The Kier molecular flexibility index (Phi) is 10.3. The number of cyclic esters (lactones) is 1. The Balaban J connectivity index is 1.38. The van der Waals surface area contributed by atoms with Crippen LogP contribution in [0.15, 0.2) is 77.1 Å². The highest BCUT2D eigenvalue weighted by Gasteiger charge is 2.40. The standard InChI is InChI=1S/C32H34F2N4O6S2/c1-3-20(2)16-37(46(42,43)23-10-11-25-30(15-23)45-19-35-25)17-28(39)26(13-21-7-5-4-6-8-21)36-31(40)29-18-38(32(41)44-29)27-12-9-22(33)14-24(27)34/h4-12,14-15,19-20,26,28-29,39H,3,13,16-18H2,1-2H3,(H,36,40)/t20-,26-,28+,29-/m0/s1. The third-order valence-corrected chi connectivity index (χ3v) is 10.6. The molecule has 0 unspecified atom stereocenters. The summed E-state index contributed by atoms with van der Waals surface area (Å²) in [4.78, 5) is 31.2. The van der Waals surface area contributed by atoms with Crippen molar-refractivity contribution in [2.45, 2.75) is 49.8 Å². The van der Waals surface area contributed by atoms with Gasteiger partial charge in [-0.2, -0.15) is 4.31 Å². The van der Waals surface area contributed by atoms with Crippen LogP contribution in [0.1, 0.15) is 25.8 Å². The Morgan fingerprint density at radius 2 is 1.91 bits per heavy atom. The fraction of sp³-hybridized carbons (Fsp3) is 0.344. The molecule has 14 heteroatoms. The number of halogens is 2. The number of nitrogens with one attached hydrogen (secondary N) is 1. The molecule has 4 aromatic rings. The summed E-state index contributed by atoms with van der Waals surface area (Å²) in [6, 6.07) is 15.4. The molecule has 2 N–H and O–H groups in total. The van der Waals surface area contributed by atoms with Gasteiger partial charge in [0.1, 0.15) is 11.6 Å². The molecule has 3 aromatic carbocycles. The van der Waals surface area contributed by atoms with Gasteiger partial charge in [0.2, 0.25) is 10.0 Å². The van der Waals surface area contributed by atoms with Gasteiger partial charge >= 0.3 is 6.09 Å². The Labute approximate surface area is 269 Å². The molecule has 0 bridgehead atoms. The SMILES string of the molecule is CC[C@H](C)CN(C[C@@H](O)[C@H](Cc1ccccc1)NC(=O)[C@@H]1CN(c2ccc(F)cc2F)C(=O)O1)S(=O)(=O)c1ccc2ncsc2c1. The molecule has 1 fully saturated rings. The number of fused-ring (bicyclic) bond motifs is 1. The Bertz CT molecular complexity index is 1810. The lowest BCUT2D eigenvalue weighted by Gasteiger charge is -2.31. The minimum Gasteiger partial charge on any atom is -0.434 e. The number of rotatable bonds is 13. The first-order chi connectivity index (χ1) is 22.0. The molecule has 2 heterocycles. The van der Waals surface area contributed by atoms with Crippen molar-refractivity contribution in [1.82, 2.24) is 14.6 Å². The fourth-order valence-corrected chi connectivity index (χ4v) is 7.55. The van der Waals surface area contributed by atoms with Crippen LogP contribution >= 0.6 is 11.3 Å². The van der Waals surface area contributed by atoms with Crippen LogP contribution in [0.5, 0.6) is 0 Å². The molecule has 0 radical (unpaired) electrons. The van der Waals surface area contributed by atoms with Crippen molar-refractivity contribution in [3.05, 3.63) is 89.4 Å². The van der Waals surface area contributed by atoms with Gasteiger partial charge in [0, 0.05) is 19.2 Å². The molecule has 1 aromatic heterocycles. The summed E-state index contributed by atoms with van der Waals surface area (Å²) < 4.78 is 62.9. The quantitative estimate of drug-likeness (QED) is 0.210. The van der Waals surface area contributed by atoms with Crippen LogP contribution in [0, 0.1) is 17.6 Å². The number of hydrogen-bond donors (Lipinski definition) is 2. The summed E-state index contributed by atoms with van der Waals surface area (Å²) in [7, 11) is -4.07. The van der Waals surface area contributed by atoms with Crippen LogP contribution in [0.3, 0.4) is 0 Å². The average Bonchev–Trinajstić information content (AvgIpc) is 3.67. The van der Waals surface area contributed by atoms with Crippen molar-refractivity contribution in [3.8, 4) is 0 Å². The van der Waals surface area contributed by atoms with Gasteiger partial charge in [0.15, 0.2) is 6.10 Å².